The number of hydrogen-bond acceptors (Lipinski definition) is 3. The lowest BCUT2D eigenvalue weighted by molar-refractivity contribution is -0.142. The summed E-state index contributed by atoms with van der Waals surface area (Å²) in [6.07, 6.45) is 3.21. The summed E-state index contributed by atoms with van der Waals surface area (Å²) in [5.41, 5.74) is 0.677. The van der Waals surface area contributed by atoms with Gasteiger partial charge in [-0.05, 0) is 0 Å². The molecule has 16 heavy (non-hydrogen) atoms. The van der Waals surface area contributed by atoms with Crippen molar-refractivity contribution in [2.45, 2.75) is 26.3 Å². The van der Waals surface area contributed by atoms with Crippen LogP contribution in [0.1, 0.15) is 19.5 Å². The first kappa shape index (κ1) is 12.2. The summed E-state index contributed by atoms with van der Waals surface area (Å²) in [6.45, 7) is 3.43. The quantitative estimate of drug-likeness (QED) is 0.666. The molecule has 0 aliphatic carbocycles. The first-order valence-electron chi connectivity index (χ1n) is 5.01. The zero-order chi connectivity index (χ0) is 12.1. The molecule has 0 aromatic carbocycles. The van der Waals surface area contributed by atoms with Crippen LogP contribution < -0.4 is 5.32 Å². The second-order valence-electron chi connectivity index (χ2n) is 3.84. The molecular formula is C10H15N3O3. The Kier molecular flexibility index (Phi) is 4.04. The van der Waals surface area contributed by atoms with E-state index in [1.165, 1.54) is 12.5 Å². The zero-order valence-electron chi connectivity index (χ0n) is 9.23. The topological polar surface area (TPSA) is 95.1 Å². The number of H-pyrrole nitrogens is 1. The van der Waals surface area contributed by atoms with Gasteiger partial charge in [-0.2, -0.15) is 0 Å². The highest BCUT2D eigenvalue weighted by molar-refractivity contribution is 5.84. The Morgan fingerprint density at radius 3 is 2.69 bits per heavy atom. The second kappa shape index (κ2) is 5.29. The molecule has 1 atom stereocenters. The number of carbonyl (C=O) groups is 2. The van der Waals surface area contributed by atoms with Crippen molar-refractivity contribution in [1.29, 1.82) is 0 Å². The number of carbonyl (C=O) groups excluding carboxylic acids is 1. The third kappa shape index (κ3) is 3.38. The van der Waals surface area contributed by atoms with Crippen molar-refractivity contribution >= 4 is 11.9 Å². The normalized spacial score (nSPS) is 12.4. The number of carboxylic acids is 1. The molecule has 0 spiro atoms. The van der Waals surface area contributed by atoms with E-state index in [0.717, 1.165) is 0 Å². The number of carboxylic acid groups (broad SMARTS) is 1. The number of imidazole rings is 1. The van der Waals surface area contributed by atoms with E-state index in [1.807, 2.05) is 0 Å². The molecule has 1 aromatic rings. The van der Waals surface area contributed by atoms with E-state index in [0.29, 0.717) is 5.69 Å². The lowest BCUT2D eigenvalue weighted by Crippen LogP contribution is -2.44. The number of aromatic nitrogens is 2. The molecular weight excluding hydrogens is 210 g/mol. The van der Waals surface area contributed by atoms with Crippen molar-refractivity contribution in [2.75, 3.05) is 0 Å². The highest BCUT2D eigenvalue weighted by Crippen LogP contribution is 2.01. The Morgan fingerprint density at radius 1 is 1.56 bits per heavy atom. The maximum Gasteiger partial charge on any atom is 0.326 e. The van der Waals surface area contributed by atoms with Crippen LogP contribution in [0.15, 0.2) is 12.5 Å². The second-order valence-corrected chi connectivity index (χ2v) is 3.84. The summed E-state index contributed by atoms with van der Waals surface area (Å²) >= 11 is 0. The Balaban J connectivity index is 2.62. The third-order valence-corrected chi connectivity index (χ3v) is 2.12. The van der Waals surface area contributed by atoms with Gasteiger partial charge in [0.05, 0.1) is 6.33 Å². The molecule has 0 fully saturated rings. The van der Waals surface area contributed by atoms with E-state index in [9.17, 15) is 9.59 Å². The van der Waals surface area contributed by atoms with Gasteiger partial charge in [0.25, 0.3) is 0 Å². The van der Waals surface area contributed by atoms with Crippen molar-refractivity contribution < 1.29 is 14.7 Å². The van der Waals surface area contributed by atoms with Crippen LogP contribution in [-0.4, -0.2) is 33.0 Å². The Bertz CT molecular complexity index is 359. The lowest BCUT2D eigenvalue weighted by atomic mass is 10.1. The molecule has 0 saturated carbocycles. The number of nitrogens with one attached hydrogen (secondary N) is 2. The van der Waals surface area contributed by atoms with E-state index in [1.54, 1.807) is 13.8 Å². The number of hydrogen-bond donors (Lipinski definition) is 3. The molecule has 1 rings (SSSR count). The molecule has 1 aromatic heterocycles. The summed E-state index contributed by atoms with van der Waals surface area (Å²) < 4.78 is 0. The standard InChI is InChI=1S/C10H15N3O3/c1-6(2)9(14)13-8(10(15)16)3-7-4-11-5-12-7/h4-6,8H,3H2,1-2H3,(H,11,12)(H,13,14)(H,15,16)/t8-/m1/s1. The lowest BCUT2D eigenvalue weighted by Gasteiger charge is -2.15. The molecule has 0 bridgehead atoms. The fourth-order valence-electron chi connectivity index (χ4n) is 1.15. The van der Waals surface area contributed by atoms with Crippen LogP contribution in [0.25, 0.3) is 0 Å². The van der Waals surface area contributed by atoms with Crippen LogP contribution in [0.5, 0.6) is 0 Å². The van der Waals surface area contributed by atoms with E-state index in [-0.39, 0.29) is 18.2 Å². The van der Waals surface area contributed by atoms with E-state index in [4.69, 9.17) is 5.11 Å². The van der Waals surface area contributed by atoms with Gasteiger partial charge in [-0.1, -0.05) is 13.8 Å². The molecule has 6 nitrogen and oxygen atoms in total. The Morgan fingerprint density at radius 2 is 2.25 bits per heavy atom. The van der Waals surface area contributed by atoms with E-state index < -0.39 is 12.0 Å². The Hall–Kier alpha value is -1.85. The number of amides is 1. The maximum absolute atomic E-state index is 11.4. The minimum absolute atomic E-state index is 0.202. The van der Waals surface area contributed by atoms with Gasteiger partial charge in [-0.15, -0.1) is 0 Å². The molecule has 0 radical (unpaired) electrons. The molecule has 0 saturated heterocycles. The largest absolute Gasteiger partial charge is 0.480 e. The van der Waals surface area contributed by atoms with Gasteiger partial charge in [0.1, 0.15) is 6.04 Å². The fraction of sp³-hybridized carbons (Fsp3) is 0.500. The highest BCUT2D eigenvalue weighted by atomic mass is 16.4. The molecule has 0 aliphatic heterocycles. The average Bonchev–Trinajstić information content (AvgIpc) is 2.68. The average molecular weight is 225 g/mol. The van der Waals surface area contributed by atoms with E-state index >= 15 is 0 Å². The van der Waals surface area contributed by atoms with E-state index in [2.05, 4.69) is 15.3 Å². The zero-order valence-corrected chi connectivity index (χ0v) is 9.23. The summed E-state index contributed by atoms with van der Waals surface area (Å²) in [4.78, 5) is 28.9. The van der Waals surface area contributed by atoms with Gasteiger partial charge in [0, 0.05) is 24.2 Å². The van der Waals surface area contributed by atoms with Crippen molar-refractivity contribution in [1.82, 2.24) is 15.3 Å². The number of aliphatic carboxylic acids is 1. The molecule has 6 heteroatoms. The predicted octanol–water partition coefficient (Wildman–Crippen LogP) is 0.178. The van der Waals surface area contributed by atoms with Crippen LogP contribution in [0.3, 0.4) is 0 Å². The molecule has 1 amide bonds. The molecule has 0 aliphatic rings. The van der Waals surface area contributed by atoms with Gasteiger partial charge in [0.15, 0.2) is 0 Å². The van der Waals surface area contributed by atoms with Crippen LogP contribution in [0.2, 0.25) is 0 Å². The van der Waals surface area contributed by atoms with Crippen LogP contribution in [0.4, 0.5) is 0 Å². The molecule has 3 N–H and O–H groups in total. The fourth-order valence-corrected chi connectivity index (χ4v) is 1.15. The molecule has 0 unspecified atom stereocenters. The first-order chi connectivity index (χ1) is 7.50. The van der Waals surface area contributed by atoms with Crippen molar-refractivity contribution in [3.05, 3.63) is 18.2 Å². The van der Waals surface area contributed by atoms with Crippen LogP contribution in [-0.2, 0) is 16.0 Å². The Labute approximate surface area is 93.1 Å². The van der Waals surface area contributed by atoms with Gasteiger partial charge < -0.3 is 15.4 Å². The number of rotatable bonds is 5. The smallest absolute Gasteiger partial charge is 0.326 e. The monoisotopic (exact) mass is 225 g/mol. The minimum atomic E-state index is -1.05. The van der Waals surface area contributed by atoms with Gasteiger partial charge >= 0.3 is 5.97 Å². The van der Waals surface area contributed by atoms with Crippen molar-refractivity contribution in [2.24, 2.45) is 5.92 Å². The summed E-state index contributed by atoms with van der Waals surface area (Å²) in [6, 6.07) is -0.921. The maximum atomic E-state index is 11.4. The van der Waals surface area contributed by atoms with Gasteiger partial charge in [0.2, 0.25) is 5.91 Å². The molecule has 1 heterocycles. The number of nitrogens with zero attached hydrogens (tertiary/aromatic N) is 1. The summed E-state index contributed by atoms with van der Waals surface area (Å²) in [7, 11) is 0. The van der Waals surface area contributed by atoms with Gasteiger partial charge in [-0.3, -0.25) is 4.79 Å². The number of aromatic amines is 1. The van der Waals surface area contributed by atoms with Gasteiger partial charge in [-0.25, -0.2) is 9.78 Å². The van der Waals surface area contributed by atoms with Crippen LogP contribution in [0, 0.1) is 5.92 Å². The summed E-state index contributed by atoms with van der Waals surface area (Å²) in [5.74, 6) is -1.56. The predicted molar refractivity (Wildman–Crippen MR) is 56.7 cm³/mol. The molecule has 88 valence electrons. The summed E-state index contributed by atoms with van der Waals surface area (Å²) in [5, 5.41) is 11.4. The minimum Gasteiger partial charge on any atom is -0.480 e. The SMILES string of the molecule is CC(C)C(=O)N[C@H](Cc1cnc[nH]1)C(=O)O. The highest BCUT2D eigenvalue weighted by Gasteiger charge is 2.21. The van der Waals surface area contributed by atoms with Crippen molar-refractivity contribution in [3.63, 3.8) is 0 Å². The van der Waals surface area contributed by atoms with Crippen molar-refractivity contribution in [3.8, 4) is 0 Å². The van der Waals surface area contributed by atoms with Crippen LogP contribution >= 0.6 is 0 Å². The first-order valence-corrected chi connectivity index (χ1v) is 5.01. The third-order valence-electron chi connectivity index (χ3n) is 2.12.